The zero-order chi connectivity index (χ0) is 8.36. The molecule has 0 bridgehead atoms. The average molecular weight is 151 g/mol. The van der Waals surface area contributed by atoms with Crippen molar-refractivity contribution in [3.63, 3.8) is 0 Å². The van der Waals surface area contributed by atoms with Gasteiger partial charge in [-0.05, 0) is 26.2 Å². The third-order valence-electron chi connectivity index (χ3n) is 1.58. The van der Waals surface area contributed by atoms with Crippen molar-refractivity contribution >= 4 is 0 Å². The lowest BCUT2D eigenvalue weighted by molar-refractivity contribution is 0.728. The van der Waals surface area contributed by atoms with E-state index in [1.807, 2.05) is 6.08 Å². The van der Waals surface area contributed by atoms with Crippen molar-refractivity contribution in [1.82, 2.24) is 0 Å². The maximum absolute atomic E-state index is 3.62. The fourth-order valence-corrected chi connectivity index (χ4v) is 0.901. The van der Waals surface area contributed by atoms with Gasteiger partial charge in [0.25, 0.3) is 0 Å². The van der Waals surface area contributed by atoms with Crippen LogP contribution in [0.15, 0.2) is 24.3 Å². The second-order valence-electron chi connectivity index (χ2n) is 2.67. The lowest BCUT2D eigenvalue weighted by Crippen LogP contribution is -1.70. The van der Waals surface area contributed by atoms with Crippen molar-refractivity contribution in [2.24, 2.45) is 0 Å². The van der Waals surface area contributed by atoms with Crippen molar-refractivity contribution in [3.05, 3.63) is 31.2 Å². The van der Waals surface area contributed by atoms with Crippen LogP contribution in [0.2, 0.25) is 0 Å². The monoisotopic (exact) mass is 151 g/mol. The maximum Gasteiger partial charge on any atom is -0.0169 e. The van der Waals surface area contributed by atoms with Crippen molar-refractivity contribution in [3.8, 4) is 0 Å². The van der Waals surface area contributed by atoms with E-state index < -0.39 is 0 Å². The first kappa shape index (κ1) is 10.5. The number of hydrogen-bond acceptors (Lipinski definition) is 0. The Kier molecular flexibility index (Phi) is 9.03. The summed E-state index contributed by atoms with van der Waals surface area (Å²) in [6.45, 7) is 5.85. The zero-order valence-electron chi connectivity index (χ0n) is 7.55. The molecule has 0 saturated carbocycles. The van der Waals surface area contributed by atoms with E-state index in [1.54, 1.807) is 0 Å². The zero-order valence-corrected chi connectivity index (χ0v) is 7.55. The number of allylic oxidation sites excluding steroid dienone is 4. The third-order valence-corrected chi connectivity index (χ3v) is 1.58. The molecule has 0 amide bonds. The van der Waals surface area contributed by atoms with E-state index in [2.05, 4.69) is 32.1 Å². The highest BCUT2D eigenvalue weighted by atomic mass is 13.9. The van der Waals surface area contributed by atoms with Crippen LogP contribution in [0, 0.1) is 6.92 Å². The van der Waals surface area contributed by atoms with Crippen molar-refractivity contribution in [1.29, 1.82) is 0 Å². The largest absolute Gasteiger partial charge is 0.0882 e. The highest BCUT2D eigenvalue weighted by molar-refractivity contribution is 4.93. The quantitative estimate of drug-likeness (QED) is 0.399. The van der Waals surface area contributed by atoms with Gasteiger partial charge in [-0.2, -0.15) is 0 Å². The summed E-state index contributed by atoms with van der Waals surface area (Å²) in [6.07, 6.45) is 14.7. The van der Waals surface area contributed by atoms with Crippen LogP contribution in [0.3, 0.4) is 0 Å². The molecule has 0 saturated heterocycles. The Hall–Kier alpha value is -0.520. The predicted molar refractivity (Wildman–Crippen MR) is 52.4 cm³/mol. The topological polar surface area (TPSA) is 0 Å². The van der Waals surface area contributed by atoms with Gasteiger partial charge in [-0.3, -0.25) is 0 Å². The molecule has 0 aliphatic carbocycles. The molecule has 0 heterocycles. The van der Waals surface area contributed by atoms with Gasteiger partial charge in [0, 0.05) is 0 Å². The third kappa shape index (κ3) is 9.48. The Balaban J connectivity index is 3.03. The molecule has 0 unspecified atom stereocenters. The van der Waals surface area contributed by atoms with Crippen molar-refractivity contribution < 1.29 is 0 Å². The summed E-state index contributed by atoms with van der Waals surface area (Å²) >= 11 is 0. The molecule has 0 N–H and O–H groups in total. The van der Waals surface area contributed by atoms with Crippen molar-refractivity contribution in [2.75, 3.05) is 0 Å². The molecule has 0 aromatic rings. The van der Waals surface area contributed by atoms with E-state index >= 15 is 0 Å². The minimum atomic E-state index is 1.04. The summed E-state index contributed by atoms with van der Waals surface area (Å²) in [7, 11) is 0. The standard InChI is InChI=1S/C11H19/c1-3-5-7-9-11-10-8-6-4-2/h3,5,9,11H,1,4,6-8,10H2,2H3/b5-3-,11-9-. The molecule has 1 radical (unpaired) electrons. The minimum absolute atomic E-state index is 1.04. The maximum atomic E-state index is 3.62. The Labute approximate surface area is 71.0 Å². The smallest absolute Gasteiger partial charge is 0.0169 e. The Bertz CT molecular complexity index is 109. The van der Waals surface area contributed by atoms with Crippen LogP contribution >= 0.6 is 0 Å². The first-order valence-corrected chi connectivity index (χ1v) is 4.51. The molecular weight excluding hydrogens is 132 g/mol. The van der Waals surface area contributed by atoms with Crippen molar-refractivity contribution in [2.45, 2.75) is 39.0 Å². The number of unbranched alkanes of at least 4 members (excludes halogenated alkanes) is 3. The Morgan fingerprint density at radius 3 is 2.55 bits per heavy atom. The van der Waals surface area contributed by atoms with Gasteiger partial charge in [-0.15, -0.1) is 0 Å². The molecule has 0 atom stereocenters. The molecule has 0 nitrogen and oxygen atoms in total. The van der Waals surface area contributed by atoms with E-state index in [4.69, 9.17) is 0 Å². The SMILES string of the molecule is [CH2]/C=C\C/C=C\CCCCC. The van der Waals surface area contributed by atoms with Gasteiger partial charge in [0.2, 0.25) is 0 Å². The molecule has 0 aromatic carbocycles. The average Bonchev–Trinajstić information content (AvgIpc) is 2.03. The van der Waals surface area contributed by atoms with Crippen LogP contribution in [-0.4, -0.2) is 0 Å². The van der Waals surface area contributed by atoms with Gasteiger partial charge in [-0.25, -0.2) is 0 Å². The van der Waals surface area contributed by atoms with Crippen LogP contribution in [-0.2, 0) is 0 Å². The number of rotatable bonds is 6. The second kappa shape index (κ2) is 9.48. The fourth-order valence-electron chi connectivity index (χ4n) is 0.901. The van der Waals surface area contributed by atoms with Crippen LogP contribution in [0.25, 0.3) is 0 Å². The normalized spacial score (nSPS) is 11.8. The van der Waals surface area contributed by atoms with Crippen LogP contribution in [0.4, 0.5) is 0 Å². The number of hydrogen-bond donors (Lipinski definition) is 0. The van der Waals surface area contributed by atoms with Gasteiger partial charge in [0.1, 0.15) is 0 Å². The summed E-state index contributed by atoms with van der Waals surface area (Å²) in [5.74, 6) is 0. The summed E-state index contributed by atoms with van der Waals surface area (Å²) in [4.78, 5) is 0. The van der Waals surface area contributed by atoms with E-state index in [0.29, 0.717) is 0 Å². The van der Waals surface area contributed by atoms with Gasteiger partial charge in [-0.1, -0.05) is 44.1 Å². The van der Waals surface area contributed by atoms with E-state index in [1.165, 1.54) is 25.7 Å². The van der Waals surface area contributed by atoms with E-state index in [0.717, 1.165) is 6.42 Å². The molecule has 63 valence electrons. The highest BCUT2D eigenvalue weighted by Gasteiger charge is 1.79. The molecule has 0 fully saturated rings. The molecule has 11 heavy (non-hydrogen) atoms. The first-order valence-electron chi connectivity index (χ1n) is 4.51. The molecule has 0 aliphatic rings. The summed E-state index contributed by atoms with van der Waals surface area (Å²) < 4.78 is 0. The molecule has 0 heteroatoms. The molecule has 0 aromatic heterocycles. The van der Waals surface area contributed by atoms with Gasteiger partial charge < -0.3 is 0 Å². The van der Waals surface area contributed by atoms with Gasteiger partial charge in [0.05, 0.1) is 0 Å². The summed E-state index contributed by atoms with van der Waals surface area (Å²) in [6, 6.07) is 0. The lowest BCUT2D eigenvalue weighted by Gasteiger charge is -1.90. The van der Waals surface area contributed by atoms with Gasteiger partial charge >= 0.3 is 0 Å². The van der Waals surface area contributed by atoms with Gasteiger partial charge in [0.15, 0.2) is 0 Å². The van der Waals surface area contributed by atoms with Crippen LogP contribution in [0.5, 0.6) is 0 Å². The van der Waals surface area contributed by atoms with E-state index in [9.17, 15) is 0 Å². The molecule has 0 aliphatic heterocycles. The highest BCUT2D eigenvalue weighted by Crippen LogP contribution is 2.00. The minimum Gasteiger partial charge on any atom is -0.0882 e. The fraction of sp³-hybridized carbons (Fsp3) is 0.545. The second-order valence-corrected chi connectivity index (χ2v) is 2.67. The van der Waals surface area contributed by atoms with Crippen LogP contribution in [0.1, 0.15) is 39.0 Å². The molecule has 0 spiro atoms. The summed E-state index contributed by atoms with van der Waals surface area (Å²) in [5.41, 5.74) is 0. The first-order chi connectivity index (χ1) is 5.41. The molecular formula is C11H19. The molecule has 0 rings (SSSR count). The lowest BCUT2D eigenvalue weighted by atomic mass is 10.2. The Morgan fingerprint density at radius 1 is 1.09 bits per heavy atom. The summed E-state index contributed by atoms with van der Waals surface area (Å²) in [5, 5.41) is 0. The van der Waals surface area contributed by atoms with E-state index in [-0.39, 0.29) is 0 Å². The predicted octanol–water partition coefficient (Wildman–Crippen LogP) is 3.90. The van der Waals surface area contributed by atoms with Crippen LogP contribution < -0.4 is 0 Å². The Morgan fingerprint density at radius 2 is 1.91 bits per heavy atom.